The van der Waals surface area contributed by atoms with Gasteiger partial charge in [0.25, 0.3) is 0 Å². The van der Waals surface area contributed by atoms with Crippen molar-refractivity contribution in [3.8, 4) is 0 Å². The molecule has 3 rings (SSSR count). The third-order valence-corrected chi connectivity index (χ3v) is 7.49. The highest BCUT2D eigenvalue weighted by Gasteiger charge is 2.84. The fourth-order valence-electron chi connectivity index (χ4n) is 6.17. The Labute approximate surface area is 204 Å². The van der Waals surface area contributed by atoms with Crippen LogP contribution in [-0.2, 0) is 14.3 Å². The van der Waals surface area contributed by atoms with Crippen molar-refractivity contribution in [2.75, 3.05) is 5.32 Å². The number of amides is 3. The summed E-state index contributed by atoms with van der Waals surface area (Å²) < 4.78 is 5.37. The van der Waals surface area contributed by atoms with Gasteiger partial charge >= 0.3 is 24.1 Å². The van der Waals surface area contributed by atoms with Crippen molar-refractivity contribution in [2.24, 2.45) is 23.2 Å². The molecule has 2 aliphatic carbocycles. The lowest BCUT2D eigenvalue weighted by Gasteiger charge is -2.48. The average molecular weight is 490 g/mol. The van der Waals surface area contributed by atoms with Gasteiger partial charge in [0.1, 0.15) is 5.60 Å². The van der Waals surface area contributed by atoms with Crippen LogP contribution in [0.4, 0.5) is 15.3 Å². The molecule has 1 aromatic carbocycles. The van der Waals surface area contributed by atoms with E-state index in [1.807, 2.05) is 13.0 Å². The smallest absolute Gasteiger partial charge is 0.408 e. The number of carboxylic acids is 2. The summed E-state index contributed by atoms with van der Waals surface area (Å²) in [6.45, 7) is 10.4. The molecule has 2 fully saturated rings. The van der Waals surface area contributed by atoms with Gasteiger partial charge in [-0.3, -0.25) is 4.79 Å². The molecule has 0 aromatic heterocycles. The second-order valence-corrected chi connectivity index (χ2v) is 10.5. The summed E-state index contributed by atoms with van der Waals surface area (Å²) in [6, 6.07) is 5.81. The lowest BCUT2D eigenvalue weighted by molar-refractivity contribution is -0.155. The highest BCUT2D eigenvalue weighted by Crippen LogP contribution is 2.71. The number of benzene rings is 1. The van der Waals surface area contributed by atoms with Gasteiger partial charge in [-0.1, -0.05) is 26.0 Å². The molecule has 5 atom stereocenters. The number of carbonyl (C=O) groups is 4. The topological polar surface area (TPSA) is 154 Å². The van der Waals surface area contributed by atoms with Crippen LogP contribution in [0.1, 0.15) is 53.0 Å². The number of alkyl carbamates (subject to hydrolysis) is 1. The molecule has 192 valence electrons. The van der Waals surface area contributed by atoms with Gasteiger partial charge in [0.15, 0.2) is 5.54 Å². The summed E-state index contributed by atoms with van der Waals surface area (Å²) in [6.07, 6.45) is -0.383. The molecule has 0 spiro atoms. The molecule has 5 N–H and O–H groups in total. The zero-order valence-corrected chi connectivity index (χ0v) is 21.0. The predicted molar refractivity (Wildman–Crippen MR) is 128 cm³/mol. The molecule has 35 heavy (non-hydrogen) atoms. The van der Waals surface area contributed by atoms with Crippen LogP contribution < -0.4 is 16.0 Å². The Kier molecular flexibility index (Phi) is 6.80. The van der Waals surface area contributed by atoms with E-state index in [9.17, 15) is 29.4 Å². The first-order valence-corrected chi connectivity index (χ1v) is 11.9. The van der Waals surface area contributed by atoms with Gasteiger partial charge < -0.3 is 30.9 Å². The van der Waals surface area contributed by atoms with Crippen LogP contribution in [0.25, 0.3) is 0 Å². The Hall–Kier alpha value is -3.30. The average Bonchev–Trinajstić information content (AvgIpc) is 3.42. The lowest BCUT2D eigenvalue weighted by atomic mass is 9.62. The Morgan fingerprint density at radius 2 is 1.71 bits per heavy atom. The highest BCUT2D eigenvalue weighted by molar-refractivity contribution is 5.93. The minimum Gasteiger partial charge on any atom is -0.481 e. The molecule has 0 heterocycles. The molecular weight excluding hydrogens is 454 g/mol. The van der Waals surface area contributed by atoms with Crippen LogP contribution in [0.3, 0.4) is 0 Å². The molecule has 10 nitrogen and oxygen atoms in total. The number of hydrogen-bond acceptors (Lipinski definition) is 5. The molecule has 2 saturated carbocycles. The summed E-state index contributed by atoms with van der Waals surface area (Å²) >= 11 is 0. The van der Waals surface area contributed by atoms with Crippen LogP contribution in [0, 0.1) is 30.1 Å². The van der Waals surface area contributed by atoms with Crippen molar-refractivity contribution in [2.45, 2.75) is 71.6 Å². The number of rotatable bonds is 7. The molecule has 0 radical (unpaired) electrons. The monoisotopic (exact) mass is 489 g/mol. The Bertz CT molecular complexity index is 1030. The largest absolute Gasteiger partial charge is 0.481 e. The van der Waals surface area contributed by atoms with E-state index in [1.165, 1.54) is 0 Å². The van der Waals surface area contributed by atoms with E-state index in [0.717, 1.165) is 5.56 Å². The number of ether oxygens (including phenoxy) is 1. The first kappa shape index (κ1) is 26.3. The molecule has 0 bridgehead atoms. The maximum Gasteiger partial charge on any atom is 0.408 e. The zero-order valence-electron chi connectivity index (χ0n) is 21.0. The summed E-state index contributed by atoms with van der Waals surface area (Å²) in [4.78, 5) is 50.9. The SMILES string of the molecule is CCC1(CC)[C@@H](NC(=O)Nc2cccc(C)c2)[C@@H]2[C@@H](C(=O)O)[C@H]2[C@@]1(NC(=O)OC(C)(C)C)C(=O)O. The van der Waals surface area contributed by atoms with E-state index in [2.05, 4.69) is 16.0 Å². The maximum absolute atomic E-state index is 13.0. The first-order valence-electron chi connectivity index (χ1n) is 11.9. The Morgan fingerprint density at radius 1 is 1.09 bits per heavy atom. The number of aliphatic carboxylic acids is 2. The number of hydrogen-bond donors (Lipinski definition) is 5. The summed E-state index contributed by atoms with van der Waals surface area (Å²) in [7, 11) is 0. The maximum atomic E-state index is 13.0. The molecule has 3 amide bonds. The van der Waals surface area contributed by atoms with Crippen LogP contribution in [0.15, 0.2) is 24.3 Å². The number of fused-ring (bicyclic) bond motifs is 1. The fourth-order valence-corrected chi connectivity index (χ4v) is 6.17. The number of urea groups is 1. The molecule has 0 saturated heterocycles. The van der Waals surface area contributed by atoms with Gasteiger partial charge in [-0.05, 0) is 64.2 Å². The number of carbonyl (C=O) groups excluding carboxylic acids is 2. The van der Waals surface area contributed by atoms with E-state index in [4.69, 9.17) is 4.74 Å². The molecule has 1 aromatic rings. The standard InChI is InChI=1S/C25H35N3O7/c1-7-24(8-2)18(27-21(33)26-14-11-9-10-13(3)12-14)15-16(19(29)30)17(15)25(24,20(31)32)28-22(34)35-23(4,5)6/h9-12,15-18H,7-8H2,1-6H3,(H,28,34)(H,29,30)(H,31,32)(H2,26,27,33)/t15-,16-,17+,18+,25-/m1/s1. The van der Waals surface area contributed by atoms with Crippen LogP contribution in [0.5, 0.6) is 0 Å². The second-order valence-electron chi connectivity index (χ2n) is 10.5. The third kappa shape index (κ3) is 4.41. The van der Waals surface area contributed by atoms with E-state index in [1.54, 1.807) is 52.8 Å². The first-order chi connectivity index (χ1) is 16.2. The van der Waals surface area contributed by atoms with Gasteiger partial charge in [-0.2, -0.15) is 0 Å². The summed E-state index contributed by atoms with van der Waals surface area (Å²) in [5.74, 6) is -5.11. The van der Waals surface area contributed by atoms with E-state index in [-0.39, 0.29) is 12.8 Å². The van der Waals surface area contributed by atoms with Crippen molar-refractivity contribution in [1.82, 2.24) is 10.6 Å². The number of anilines is 1. The van der Waals surface area contributed by atoms with Gasteiger partial charge in [0, 0.05) is 23.1 Å². The normalized spacial score (nSPS) is 28.4. The quantitative estimate of drug-likeness (QED) is 0.392. The lowest BCUT2D eigenvalue weighted by Crippen LogP contribution is -2.69. The molecular formula is C25H35N3O7. The third-order valence-electron chi connectivity index (χ3n) is 7.49. The summed E-state index contributed by atoms with van der Waals surface area (Å²) in [5, 5.41) is 28.6. The predicted octanol–water partition coefficient (Wildman–Crippen LogP) is 3.60. The fraction of sp³-hybridized carbons (Fsp3) is 0.600. The minimum absolute atomic E-state index is 0.278. The number of aryl methyl sites for hydroxylation is 1. The van der Waals surface area contributed by atoms with E-state index < -0.39 is 64.4 Å². The summed E-state index contributed by atoms with van der Waals surface area (Å²) in [5.41, 5.74) is -2.48. The molecule has 0 unspecified atom stereocenters. The van der Waals surface area contributed by atoms with Crippen molar-refractivity contribution < 1.29 is 34.1 Å². The molecule has 10 heteroatoms. The number of nitrogens with one attached hydrogen (secondary N) is 3. The number of carboxylic acid groups (broad SMARTS) is 2. The van der Waals surface area contributed by atoms with Gasteiger partial charge in [-0.15, -0.1) is 0 Å². The van der Waals surface area contributed by atoms with Crippen molar-refractivity contribution >= 4 is 29.8 Å². The van der Waals surface area contributed by atoms with Crippen molar-refractivity contribution in [3.05, 3.63) is 29.8 Å². The Morgan fingerprint density at radius 3 is 2.20 bits per heavy atom. The van der Waals surface area contributed by atoms with Crippen LogP contribution in [-0.4, -0.2) is 51.5 Å². The van der Waals surface area contributed by atoms with Crippen molar-refractivity contribution in [1.29, 1.82) is 0 Å². The van der Waals surface area contributed by atoms with E-state index >= 15 is 0 Å². The van der Waals surface area contributed by atoms with Crippen molar-refractivity contribution in [3.63, 3.8) is 0 Å². The molecule has 0 aliphatic heterocycles. The molecule has 2 aliphatic rings. The van der Waals surface area contributed by atoms with Crippen LogP contribution in [0.2, 0.25) is 0 Å². The van der Waals surface area contributed by atoms with Crippen LogP contribution >= 0.6 is 0 Å². The van der Waals surface area contributed by atoms with Gasteiger partial charge in [0.05, 0.1) is 5.92 Å². The zero-order chi connectivity index (χ0) is 26.3. The highest BCUT2D eigenvalue weighted by atomic mass is 16.6. The minimum atomic E-state index is -1.94. The van der Waals surface area contributed by atoms with Gasteiger partial charge in [0.2, 0.25) is 0 Å². The van der Waals surface area contributed by atoms with Gasteiger partial charge in [-0.25, -0.2) is 14.4 Å². The second kappa shape index (κ2) is 9.05. The van der Waals surface area contributed by atoms with E-state index in [0.29, 0.717) is 5.69 Å². The Balaban J connectivity index is 2.02.